The first kappa shape index (κ1) is 31.9. The molecule has 0 unspecified atom stereocenters. The topological polar surface area (TPSA) is 65.0 Å². The fourth-order valence-corrected chi connectivity index (χ4v) is 5.85. The van der Waals surface area contributed by atoms with Gasteiger partial charge in [-0.3, -0.25) is 5.32 Å². The lowest BCUT2D eigenvalue weighted by atomic mass is 10.0. The molecule has 0 radical (unpaired) electrons. The number of carbonyl (C=O) groups is 1. The van der Waals surface area contributed by atoms with E-state index in [0.29, 0.717) is 17.3 Å². The van der Waals surface area contributed by atoms with Crippen molar-refractivity contribution >= 4 is 23.4 Å². The van der Waals surface area contributed by atoms with Gasteiger partial charge >= 0.3 is 6.09 Å². The number of hydrogen-bond acceptors (Lipinski definition) is 5. The molecule has 1 saturated heterocycles. The highest BCUT2D eigenvalue weighted by Gasteiger charge is 2.22. The molecule has 3 aromatic carbocycles. The Hall–Kier alpha value is -3.06. The van der Waals surface area contributed by atoms with E-state index in [1.807, 2.05) is 60.7 Å². The smallest absolute Gasteiger partial charge is 0.411 e. The van der Waals surface area contributed by atoms with Gasteiger partial charge in [-0.25, -0.2) is 4.79 Å². The largest absolute Gasteiger partial charge is 0.508 e. The first-order valence-electron chi connectivity index (χ1n) is 15.5. The van der Waals surface area contributed by atoms with Gasteiger partial charge in [0.2, 0.25) is 0 Å². The number of hydrogen-bond donors (Lipinski definition) is 2. The molecule has 1 aliphatic rings. The molecule has 0 aliphatic carbocycles. The van der Waals surface area contributed by atoms with Crippen molar-refractivity contribution in [2.45, 2.75) is 70.4 Å². The quantitative estimate of drug-likeness (QED) is 0.173. The van der Waals surface area contributed by atoms with Crippen molar-refractivity contribution in [1.29, 1.82) is 0 Å². The number of likely N-dealkylation sites (tertiary alicyclic amines) is 1. The van der Waals surface area contributed by atoms with Crippen LogP contribution >= 0.6 is 11.6 Å². The van der Waals surface area contributed by atoms with E-state index < -0.39 is 0 Å². The van der Waals surface area contributed by atoms with Crippen LogP contribution in [0.4, 0.5) is 10.5 Å². The van der Waals surface area contributed by atoms with E-state index in [1.54, 1.807) is 12.1 Å². The minimum absolute atomic E-state index is 0.0274. The highest BCUT2D eigenvalue weighted by Crippen LogP contribution is 2.28. The average molecular weight is 592 g/mol. The number of amides is 1. The zero-order valence-corrected chi connectivity index (χ0v) is 25.7. The van der Waals surface area contributed by atoms with E-state index in [2.05, 4.69) is 22.2 Å². The number of nitrogens with zero attached hydrogens (tertiary/aromatic N) is 2. The van der Waals surface area contributed by atoms with Crippen molar-refractivity contribution in [3.8, 4) is 16.9 Å². The van der Waals surface area contributed by atoms with Gasteiger partial charge in [0.1, 0.15) is 11.9 Å². The van der Waals surface area contributed by atoms with Gasteiger partial charge in [0.25, 0.3) is 0 Å². The molecule has 3 aromatic rings. The van der Waals surface area contributed by atoms with E-state index in [1.165, 1.54) is 44.9 Å². The maximum atomic E-state index is 12.7. The second-order valence-electron chi connectivity index (χ2n) is 11.5. The van der Waals surface area contributed by atoms with Crippen LogP contribution in [-0.4, -0.2) is 60.3 Å². The summed E-state index contributed by atoms with van der Waals surface area (Å²) in [7, 11) is 2.09. The van der Waals surface area contributed by atoms with Gasteiger partial charge in [0.15, 0.2) is 0 Å². The Kier molecular flexibility index (Phi) is 13.0. The average Bonchev–Trinajstić information content (AvgIpc) is 2.99. The molecular formula is C35H46ClN3O3. The maximum Gasteiger partial charge on any atom is 0.411 e. The number of phenolic OH excluding ortho intramolecular Hbond substituents is 1. The molecule has 42 heavy (non-hydrogen) atoms. The summed E-state index contributed by atoms with van der Waals surface area (Å²) < 4.78 is 5.78. The van der Waals surface area contributed by atoms with Crippen molar-refractivity contribution in [2.24, 2.45) is 0 Å². The third-order valence-corrected chi connectivity index (χ3v) is 8.29. The van der Waals surface area contributed by atoms with Crippen LogP contribution in [-0.2, 0) is 11.3 Å². The molecule has 1 heterocycles. The van der Waals surface area contributed by atoms with Crippen molar-refractivity contribution in [2.75, 3.05) is 38.5 Å². The molecule has 4 rings (SSSR count). The van der Waals surface area contributed by atoms with Crippen LogP contribution in [0.3, 0.4) is 0 Å². The highest BCUT2D eigenvalue weighted by molar-refractivity contribution is 6.30. The van der Waals surface area contributed by atoms with Crippen molar-refractivity contribution < 1.29 is 14.6 Å². The first-order chi connectivity index (χ1) is 20.5. The molecule has 0 spiro atoms. The fourth-order valence-electron chi connectivity index (χ4n) is 5.65. The SMILES string of the molecule is CN(CCCCCCCCCN1CCC(OC(=O)Nc2ccccc2-c2ccccc2)CC1)Cc1cc(Cl)ccc1O. The molecule has 1 amide bonds. The van der Waals surface area contributed by atoms with E-state index in [0.717, 1.165) is 61.4 Å². The minimum Gasteiger partial charge on any atom is -0.508 e. The van der Waals surface area contributed by atoms with E-state index in [4.69, 9.17) is 16.3 Å². The monoisotopic (exact) mass is 591 g/mol. The van der Waals surface area contributed by atoms with Crippen molar-refractivity contribution in [3.05, 3.63) is 83.4 Å². The molecule has 7 heteroatoms. The number of unbranched alkanes of at least 4 members (excludes halogenated alkanes) is 6. The number of para-hydroxylation sites is 1. The Morgan fingerprint density at radius 3 is 2.36 bits per heavy atom. The number of anilines is 1. The number of halogens is 1. The molecule has 0 bridgehead atoms. The lowest BCUT2D eigenvalue weighted by Crippen LogP contribution is -2.38. The first-order valence-corrected chi connectivity index (χ1v) is 15.9. The summed E-state index contributed by atoms with van der Waals surface area (Å²) in [4.78, 5) is 17.4. The number of piperidine rings is 1. The fraction of sp³-hybridized carbons (Fsp3) is 0.457. The lowest BCUT2D eigenvalue weighted by Gasteiger charge is -2.31. The van der Waals surface area contributed by atoms with E-state index in [-0.39, 0.29) is 12.2 Å². The third kappa shape index (κ3) is 10.6. The minimum atomic E-state index is -0.371. The second kappa shape index (κ2) is 17.2. The van der Waals surface area contributed by atoms with Crippen LogP contribution in [0.1, 0.15) is 63.4 Å². The molecule has 0 aromatic heterocycles. The number of nitrogens with one attached hydrogen (secondary N) is 1. The number of aromatic hydroxyl groups is 1. The van der Waals surface area contributed by atoms with Crippen LogP contribution in [0, 0.1) is 0 Å². The number of rotatable bonds is 15. The van der Waals surface area contributed by atoms with Crippen molar-refractivity contribution in [1.82, 2.24) is 9.80 Å². The molecular weight excluding hydrogens is 546 g/mol. The zero-order chi connectivity index (χ0) is 29.6. The molecule has 1 aliphatic heterocycles. The Labute approximate surface area is 256 Å². The highest BCUT2D eigenvalue weighted by atomic mass is 35.5. The van der Waals surface area contributed by atoms with Crippen LogP contribution in [0.25, 0.3) is 11.1 Å². The van der Waals surface area contributed by atoms with Crippen LogP contribution in [0.2, 0.25) is 5.02 Å². The lowest BCUT2D eigenvalue weighted by molar-refractivity contribution is 0.0584. The Balaban J connectivity index is 1.01. The van der Waals surface area contributed by atoms with Gasteiger partial charge in [0.05, 0.1) is 5.69 Å². The Morgan fingerprint density at radius 1 is 0.929 bits per heavy atom. The molecule has 0 atom stereocenters. The molecule has 0 saturated carbocycles. The number of benzene rings is 3. The van der Waals surface area contributed by atoms with Crippen molar-refractivity contribution in [3.63, 3.8) is 0 Å². The summed E-state index contributed by atoms with van der Waals surface area (Å²) in [6, 6.07) is 23.1. The van der Waals surface area contributed by atoms with Crippen LogP contribution in [0.15, 0.2) is 72.8 Å². The summed E-state index contributed by atoms with van der Waals surface area (Å²) in [5.41, 5.74) is 3.71. The van der Waals surface area contributed by atoms with Gasteiger partial charge in [-0.05, 0) is 75.6 Å². The van der Waals surface area contributed by atoms with Gasteiger partial charge in [-0.15, -0.1) is 0 Å². The molecule has 2 N–H and O–H groups in total. The molecule has 226 valence electrons. The summed E-state index contributed by atoms with van der Waals surface area (Å²) in [6.45, 7) is 4.84. The van der Waals surface area contributed by atoms with E-state index in [9.17, 15) is 9.90 Å². The standard InChI is InChI=1S/C35H46ClN3O3/c1-38(27-29-26-30(36)18-19-34(29)40)22-12-5-3-2-4-6-13-23-39-24-20-31(21-25-39)42-35(41)37-33-17-11-10-16-32(33)28-14-8-7-9-15-28/h7-11,14-19,26,31,40H,2-6,12-13,20-25,27H2,1H3,(H,37,41). The third-order valence-electron chi connectivity index (χ3n) is 8.05. The van der Waals surface area contributed by atoms with Crippen LogP contribution in [0.5, 0.6) is 5.75 Å². The summed E-state index contributed by atoms with van der Waals surface area (Å²) in [6.07, 6.45) is 10.1. The van der Waals surface area contributed by atoms with Gasteiger partial charge in [-0.1, -0.05) is 92.2 Å². The number of carbonyl (C=O) groups excluding carboxylic acids is 1. The Morgan fingerprint density at radius 2 is 1.60 bits per heavy atom. The number of phenols is 1. The van der Waals surface area contributed by atoms with Gasteiger partial charge in [0, 0.05) is 35.8 Å². The zero-order valence-electron chi connectivity index (χ0n) is 24.9. The summed E-state index contributed by atoms with van der Waals surface area (Å²) in [5, 5.41) is 13.6. The van der Waals surface area contributed by atoms with Gasteiger partial charge in [-0.2, -0.15) is 0 Å². The molecule has 6 nitrogen and oxygen atoms in total. The normalized spacial score (nSPS) is 14.3. The Bertz CT molecular complexity index is 1230. The molecule has 1 fully saturated rings. The van der Waals surface area contributed by atoms with E-state index >= 15 is 0 Å². The number of ether oxygens (including phenoxy) is 1. The predicted octanol–water partition coefficient (Wildman–Crippen LogP) is 8.59. The summed E-state index contributed by atoms with van der Waals surface area (Å²) >= 11 is 6.06. The summed E-state index contributed by atoms with van der Waals surface area (Å²) in [5.74, 6) is 0.313. The van der Waals surface area contributed by atoms with Gasteiger partial charge < -0.3 is 19.6 Å². The van der Waals surface area contributed by atoms with Crippen LogP contribution < -0.4 is 5.32 Å². The second-order valence-corrected chi connectivity index (χ2v) is 11.9. The predicted molar refractivity (Wildman–Crippen MR) is 173 cm³/mol. The maximum absolute atomic E-state index is 12.7.